The molecule has 0 amide bonds. The van der Waals surface area contributed by atoms with Gasteiger partial charge in [0.2, 0.25) is 0 Å². The van der Waals surface area contributed by atoms with Crippen molar-refractivity contribution in [3.8, 4) is 0 Å². The van der Waals surface area contributed by atoms with Gasteiger partial charge in [0.15, 0.2) is 0 Å². The zero-order valence-electron chi connectivity index (χ0n) is 10.0. The molecule has 0 aliphatic rings. The monoisotopic (exact) mass is 306 g/mol. The van der Waals surface area contributed by atoms with Gasteiger partial charge in [-0.2, -0.15) is 0 Å². The van der Waals surface area contributed by atoms with Crippen LogP contribution in [-0.2, 0) is 0 Å². The minimum absolute atomic E-state index is 0.170. The zero-order valence-corrected chi connectivity index (χ0v) is 11.6. The molecule has 5 N–H and O–H groups in total. The molecule has 0 spiro atoms. The predicted octanol–water partition coefficient (Wildman–Crippen LogP) is 2.29. The Bertz CT molecular complexity index is 556. The van der Waals surface area contributed by atoms with Gasteiger partial charge < -0.3 is 5.73 Å². The quantitative estimate of drug-likeness (QED) is 0.462. The van der Waals surface area contributed by atoms with Crippen molar-refractivity contribution in [3.63, 3.8) is 0 Å². The third-order valence-corrected chi connectivity index (χ3v) is 3.41. The van der Waals surface area contributed by atoms with Gasteiger partial charge in [0.1, 0.15) is 0 Å². The first kappa shape index (κ1) is 13.0. The van der Waals surface area contributed by atoms with Crippen LogP contribution in [0.4, 0.5) is 5.69 Å². The average Bonchev–Trinajstić information content (AvgIpc) is 2.36. The Morgan fingerprint density at radius 2 is 2.06 bits per heavy atom. The number of hydrazine groups is 1. The van der Waals surface area contributed by atoms with E-state index in [1.165, 1.54) is 0 Å². The number of aryl methyl sites for hydroxylation is 1. The molecule has 5 heteroatoms. The second-order valence-electron chi connectivity index (χ2n) is 4.11. The number of anilines is 1. The van der Waals surface area contributed by atoms with Crippen LogP contribution in [0, 0.1) is 6.92 Å². The molecular formula is C13H15BrN4. The molecule has 0 saturated heterocycles. The molecule has 0 aliphatic carbocycles. The molecule has 0 aliphatic heterocycles. The van der Waals surface area contributed by atoms with Gasteiger partial charge in [0, 0.05) is 22.6 Å². The first-order valence-electron chi connectivity index (χ1n) is 5.55. The number of nitrogen functional groups attached to an aromatic ring is 1. The fourth-order valence-corrected chi connectivity index (χ4v) is 2.30. The summed E-state index contributed by atoms with van der Waals surface area (Å²) in [6, 6.07) is 7.51. The Balaban J connectivity index is 2.52. The van der Waals surface area contributed by atoms with E-state index in [4.69, 9.17) is 11.6 Å². The van der Waals surface area contributed by atoms with E-state index in [9.17, 15) is 0 Å². The van der Waals surface area contributed by atoms with Gasteiger partial charge in [-0.1, -0.05) is 15.9 Å². The van der Waals surface area contributed by atoms with Crippen LogP contribution in [0.25, 0.3) is 0 Å². The number of halogens is 1. The molecule has 1 aromatic heterocycles. The second kappa shape index (κ2) is 5.48. The Hall–Kier alpha value is -1.43. The van der Waals surface area contributed by atoms with Crippen LogP contribution in [0.5, 0.6) is 0 Å². The lowest BCUT2D eigenvalue weighted by molar-refractivity contribution is 0.632. The van der Waals surface area contributed by atoms with Crippen LogP contribution in [0.3, 0.4) is 0 Å². The van der Waals surface area contributed by atoms with Crippen LogP contribution >= 0.6 is 15.9 Å². The standard InChI is InChI=1S/C13H15BrN4/c1-8-4-5-17-7-11(8)13(18-16)10-6-9(14)2-3-12(10)15/h2-7,13,18H,15-16H2,1H3. The zero-order chi connectivity index (χ0) is 13.1. The summed E-state index contributed by atoms with van der Waals surface area (Å²) >= 11 is 3.45. The fraction of sp³-hybridized carbons (Fsp3) is 0.154. The van der Waals surface area contributed by atoms with Gasteiger partial charge >= 0.3 is 0 Å². The minimum Gasteiger partial charge on any atom is -0.398 e. The predicted molar refractivity (Wildman–Crippen MR) is 76.7 cm³/mol. The number of nitrogens with one attached hydrogen (secondary N) is 1. The number of pyridine rings is 1. The van der Waals surface area contributed by atoms with Crippen LogP contribution in [0.2, 0.25) is 0 Å². The molecule has 0 bridgehead atoms. The van der Waals surface area contributed by atoms with Crippen molar-refractivity contribution in [1.29, 1.82) is 0 Å². The van der Waals surface area contributed by atoms with Crippen molar-refractivity contribution in [2.45, 2.75) is 13.0 Å². The van der Waals surface area contributed by atoms with Crippen molar-refractivity contribution >= 4 is 21.6 Å². The lowest BCUT2D eigenvalue weighted by atomic mass is 9.96. The van der Waals surface area contributed by atoms with Crippen molar-refractivity contribution in [3.05, 3.63) is 57.8 Å². The number of hydrogen-bond donors (Lipinski definition) is 3. The van der Waals surface area contributed by atoms with E-state index < -0.39 is 0 Å². The maximum Gasteiger partial charge on any atom is 0.0747 e. The van der Waals surface area contributed by atoms with Gasteiger partial charge in [-0.25, -0.2) is 5.43 Å². The molecule has 4 nitrogen and oxygen atoms in total. The molecule has 94 valence electrons. The lowest BCUT2D eigenvalue weighted by Crippen LogP contribution is -2.30. The van der Waals surface area contributed by atoms with Gasteiger partial charge in [-0.3, -0.25) is 10.8 Å². The Labute approximate surface area is 115 Å². The number of benzene rings is 1. The van der Waals surface area contributed by atoms with Gasteiger partial charge in [0.25, 0.3) is 0 Å². The molecule has 0 fully saturated rings. The molecule has 18 heavy (non-hydrogen) atoms. The molecule has 2 rings (SSSR count). The largest absolute Gasteiger partial charge is 0.398 e. The highest BCUT2D eigenvalue weighted by molar-refractivity contribution is 9.10. The highest BCUT2D eigenvalue weighted by atomic mass is 79.9. The third kappa shape index (κ3) is 2.53. The van der Waals surface area contributed by atoms with E-state index in [1.807, 2.05) is 31.2 Å². The average molecular weight is 307 g/mol. The summed E-state index contributed by atoms with van der Waals surface area (Å²) in [5.41, 5.74) is 12.6. The summed E-state index contributed by atoms with van der Waals surface area (Å²) in [6.07, 6.45) is 3.57. The maximum absolute atomic E-state index is 6.02. The Morgan fingerprint density at radius 1 is 1.28 bits per heavy atom. The van der Waals surface area contributed by atoms with Crippen molar-refractivity contribution in [1.82, 2.24) is 10.4 Å². The van der Waals surface area contributed by atoms with Crippen molar-refractivity contribution in [2.75, 3.05) is 5.73 Å². The summed E-state index contributed by atoms with van der Waals surface area (Å²) in [7, 11) is 0. The number of nitrogens with two attached hydrogens (primary N) is 2. The molecule has 2 aromatic rings. The molecule has 1 heterocycles. The third-order valence-electron chi connectivity index (χ3n) is 2.92. The van der Waals surface area contributed by atoms with Crippen LogP contribution in [0.15, 0.2) is 41.1 Å². The highest BCUT2D eigenvalue weighted by Crippen LogP contribution is 2.29. The first-order chi connectivity index (χ1) is 8.63. The maximum atomic E-state index is 6.02. The van der Waals surface area contributed by atoms with Crippen LogP contribution < -0.4 is 17.0 Å². The minimum atomic E-state index is -0.170. The molecule has 1 unspecified atom stereocenters. The normalized spacial score (nSPS) is 12.4. The van der Waals surface area contributed by atoms with E-state index >= 15 is 0 Å². The van der Waals surface area contributed by atoms with Gasteiger partial charge in [-0.15, -0.1) is 0 Å². The van der Waals surface area contributed by atoms with Crippen LogP contribution in [-0.4, -0.2) is 4.98 Å². The number of aromatic nitrogens is 1. The van der Waals surface area contributed by atoms with Crippen LogP contribution in [0.1, 0.15) is 22.7 Å². The Kier molecular flexibility index (Phi) is 3.96. The second-order valence-corrected chi connectivity index (χ2v) is 5.02. The van der Waals surface area contributed by atoms with E-state index in [0.717, 1.165) is 21.2 Å². The number of hydrogen-bond acceptors (Lipinski definition) is 4. The van der Waals surface area contributed by atoms with E-state index in [0.29, 0.717) is 5.69 Å². The van der Waals surface area contributed by atoms with Gasteiger partial charge in [-0.05, 0) is 47.9 Å². The Morgan fingerprint density at radius 3 is 2.72 bits per heavy atom. The van der Waals surface area contributed by atoms with Crippen molar-refractivity contribution in [2.24, 2.45) is 5.84 Å². The smallest absolute Gasteiger partial charge is 0.0747 e. The fourth-order valence-electron chi connectivity index (χ4n) is 1.92. The summed E-state index contributed by atoms with van der Waals surface area (Å²) in [5, 5.41) is 0. The molecule has 1 aromatic carbocycles. The SMILES string of the molecule is Cc1ccncc1C(NN)c1cc(Br)ccc1N. The summed E-state index contributed by atoms with van der Waals surface area (Å²) in [5.74, 6) is 5.68. The summed E-state index contributed by atoms with van der Waals surface area (Å²) < 4.78 is 0.966. The lowest BCUT2D eigenvalue weighted by Gasteiger charge is -2.20. The van der Waals surface area contributed by atoms with Crippen molar-refractivity contribution < 1.29 is 0 Å². The molecule has 0 saturated carbocycles. The molecule has 0 radical (unpaired) electrons. The van der Waals surface area contributed by atoms with E-state index in [1.54, 1.807) is 12.4 Å². The molecular weight excluding hydrogens is 292 g/mol. The van der Waals surface area contributed by atoms with E-state index in [-0.39, 0.29) is 6.04 Å². The summed E-state index contributed by atoms with van der Waals surface area (Å²) in [4.78, 5) is 4.14. The number of rotatable bonds is 3. The van der Waals surface area contributed by atoms with E-state index in [2.05, 4.69) is 26.3 Å². The topological polar surface area (TPSA) is 77.0 Å². The summed E-state index contributed by atoms with van der Waals surface area (Å²) in [6.45, 7) is 2.02. The highest BCUT2D eigenvalue weighted by Gasteiger charge is 2.17. The first-order valence-corrected chi connectivity index (χ1v) is 6.34. The number of nitrogens with zero attached hydrogens (tertiary/aromatic N) is 1. The molecule has 1 atom stereocenters. The van der Waals surface area contributed by atoms with Gasteiger partial charge in [0.05, 0.1) is 6.04 Å².